The number of likely N-dealkylation sites (tertiary alicyclic amines) is 1. The molecule has 1 aromatic carbocycles. The summed E-state index contributed by atoms with van der Waals surface area (Å²) in [5.74, 6) is 0.838. The second-order valence-electron chi connectivity index (χ2n) is 5.87. The van der Waals surface area contributed by atoms with Gasteiger partial charge in [0.2, 0.25) is 0 Å². The van der Waals surface area contributed by atoms with Gasteiger partial charge in [-0.25, -0.2) is 4.39 Å². The Hall–Kier alpha value is -1.33. The molecule has 2 aliphatic heterocycles. The van der Waals surface area contributed by atoms with Crippen LogP contribution in [-0.2, 0) is 0 Å². The van der Waals surface area contributed by atoms with Gasteiger partial charge in [-0.15, -0.1) is 12.4 Å². The predicted octanol–water partition coefficient (Wildman–Crippen LogP) is 2.33. The number of carbonyl (C=O) groups excluding carboxylic acids is 1. The SMILES string of the molecule is COc1cccc(F)c1C(=O)N1CC[C@@H]2CNC[C@@H]2CC1.Cl. The van der Waals surface area contributed by atoms with Crippen LogP contribution in [0.5, 0.6) is 5.75 Å². The van der Waals surface area contributed by atoms with E-state index in [9.17, 15) is 9.18 Å². The molecule has 0 aliphatic carbocycles. The Bertz CT molecular complexity index is 527. The highest BCUT2D eigenvalue weighted by atomic mass is 35.5. The van der Waals surface area contributed by atoms with Crippen molar-refractivity contribution < 1.29 is 13.9 Å². The summed E-state index contributed by atoms with van der Waals surface area (Å²) in [6.45, 7) is 3.46. The highest BCUT2D eigenvalue weighted by Gasteiger charge is 2.32. The summed E-state index contributed by atoms with van der Waals surface area (Å²) in [5.41, 5.74) is 0.0604. The van der Waals surface area contributed by atoms with E-state index in [1.54, 1.807) is 17.0 Å². The quantitative estimate of drug-likeness (QED) is 0.906. The van der Waals surface area contributed by atoms with Crippen LogP contribution in [0.25, 0.3) is 0 Å². The number of fused-ring (bicyclic) bond motifs is 1. The minimum absolute atomic E-state index is 0. The lowest BCUT2D eigenvalue weighted by Crippen LogP contribution is -2.33. The largest absolute Gasteiger partial charge is 0.496 e. The fourth-order valence-corrected chi connectivity index (χ4v) is 3.46. The zero-order valence-electron chi connectivity index (χ0n) is 12.7. The second-order valence-corrected chi connectivity index (χ2v) is 5.87. The summed E-state index contributed by atoms with van der Waals surface area (Å²) < 4.78 is 19.2. The van der Waals surface area contributed by atoms with Crippen molar-refractivity contribution in [3.63, 3.8) is 0 Å². The standard InChI is InChI=1S/C16H21FN2O2.ClH/c1-21-14-4-2-3-13(17)15(14)16(20)19-7-5-11-9-18-10-12(11)6-8-19;/h2-4,11-12,18H,5-10H2,1H3;1H/t11-,12+;. The summed E-state index contributed by atoms with van der Waals surface area (Å²) in [7, 11) is 1.46. The highest BCUT2D eigenvalue weighted by molar-refractivity contribution is 5.97. The van der Waals surface area contributed by atoms with E-state index in [-0.39, 0.29) is 23.9 Å². The number of rotatable bonds is 2. The number of halogens is 2. The number of nitrogens with one attached hydrogen (secondary N) is 1. The molecule has 22 heavy (non-hydrogen) atoms. The number of carbonyl (C=O) groups is 1. The molecule has 122 valence electrons. The molecule has 2 atom stereocenters. The molecule has 1 amide bonds. The minimum atomic E-state index is -0.509. The average molecular weight is 329 g/mol. The fraction of sp³-hybridized carbons (Fsp3) is 0.562. The molecule has 2 aliphatic rings. The van der Waals surface area contributed by atoms with Gasteiger partial charge in [0.1, 0.15) is 17.1 Å². The van der Waals surface area contributed by atoms with E-state index in [0.29, 0.717) is 30.7 Å². The molecule has 4 nitrogen and oxygen atoms in total. The van der Waals surface area contributed by atoms with Crippen molar-refractivity contribution >= 4 is 18.3 Å². The van der Waals surface area contributed by atoms with Gasteiger partial charge < -0.3 is 15.0 Å². The molecule has 3 rings (SSSR count). The predicted molar refractivity (Wildman–Crippen MR) is 85.2 cm³/mol. The topological polar surface area (TPSA) is 41.6 Å². The minimum Gasteiger partial charge on any atom is -0.496 e. The van der Waals surface area contributed by atoms with Crippen LogP contribution < -0.4 is 10.1 Å². The van der Waals surface area contributed by atoms with Gasteiger partial charge in [0, 0.05) is 13.1 Å². The Balaban J connectivity index is 0.00000176. The average Bonchev–Trinajstić information content (AvgIpc) is 2.85. The highest BCUT2D eigenvalue weighted by Crippen LogP contribution is 2.29. The van der Waals surface area contributed by atoms with E-state index in [2.05, 4.69) is 5.32 Å². The number of methoxy groups -OCH3 is 1. The van der Waals surface area contributed by atoms with Gasteiger partial charge in [0.15, 0.2) is 0 Å². The summed E-state index contributed by atoms with van der Waals surface area (Å²) in [4.78, 5) is 14.4. The Morgan fingerprint density at radius 2 is 1.91 bits per heavy atom. The van der Waals surface area contributed by atoms with Crippen molar-refractivity contribution in [3.8, 4) is 5.75 Å². The lowest BCUT2D eigenvalue weighted by molar-refractivity contribution is 0.0750. The number of hydrogen-bond donors (Lipinski definition) is 1. The summed E-state index contributed by atoms with van der Waals surface area (Å²) in [6, 6.07) is 4.50. The van der Waals surface area contributed by atoms with Crippen molar-refractivity contribution in [2.75, 3.05) is 33.3 Å². The third-order valence-electron chi connectivity index (χ3n) is 4.72. The molecule has 0 saturated carbocycles. The zero-order valence-corrected chi connectivity index (χ0v) is 13.5. The molecule has 1 aromatic rings. The van der Waals surface area contributed by atoms with Gasteiger partial charge in [-0.2, -0.15) is 0 Å². The van der Waals surface area contributed by atoms with Crippen LogP contribution in [-0.4, -0.2) is 44.1 Å². The molecule has 0 bridgehead atoms. The molecule has 2 saturated heterocycles. The molecule has 0 radical (unpaired) electrons. The van der Waals surface area contributed by atoms with E-state index in [0.717, 1.165) is 25.9 Å². The number of amides is 1. The van der Waals surface area contributed by atoms with Crippen molar-refractivity contribution in [2.45, 2.75) is 12.8 Å². The van der Waals surface area contributed by atoms with E-state index in [1.165, 1.54) is 13.2 Å². The van der Waals surface area contributed by atoms with Crippen LogP contribution in [0, 0.1) is 17.7 Å². The molecule has 0 spiro atoms. The first kappa shape index (κ1) is 17.0. The third-order valence-corrected chi connectivity index (χ3v) is 4.72. The maximum absolute atomic E-state index is 14.0. The maximum atomic E-state index is 14.0. The number of benzene rings is 1. The number of hydrogen-bond acceptors (Lipinski definition) is 3. The number of nitrogens with zero attached hydrogens (tertiary/aromatic N) is 1. The molecule has 0 aromatic heterocycles. The lowest BCUT2D eigenvalue weighted by Gasteiger charge is -2.22. The number of ether oxygens (including phenoxy) is 1. The third kappa shape index (κ3) is 3.20. The smallest absolute Gasteiger partial charge is 0.260 e. The molecule has 6 heteroatoms. The molecule has 2 fully saturated rings. The van der Waals surface area contributed by atoms with Crippen molar-refractivity contribution in [1.82, 2.24) is 10.2 Å². The molecular weight excluding hydrogens is 307 g/mol. The maximum Gasteiger partial charge on any atom is 0.260 e. The van der Waals surface area contributed by atoms with Crippen LogP contribution >= 0.6 is 12.4 Å². The zero-order chi connectivity index (χ0) is 14.8. The first-order valence-corrected chi connectivity index (χ1v) is 7.53. The normalized spacial score (nSPS) is 24.2. The molecule has 2 heterocycles. The van der Waals surface area contributed by atoms with Crippen LogP contribution in [0.3, 0.4) is 0 Å². The Labute approximate surface area is 136 Å². The summed E-state index contributed by atoms with van der Waals surface area (Å²) in [6.07, 6.45) is 1.97. The van der Waals surface area contributed by atoms with Gasteiger partial charge in [0.25, 0.3) is 5.91 Å². The Kier molecular flexibility index (Phi) is 5.64. The molecular formula is C16H22ClFN2O2. The van der Waals surface area contributed by atoms with E-state index >= 15 is 0 Å². The molecule has 0 unspecified atom stereocenters. The van der Waals surface area contributed by atoms with Gasteiger partial charge in [-0.3, -0.25) is 4.79 Å². The monoisotopic (exact) mass is 328 g/mol. The first-order valence-electron chi connectivity index (χ1n) is 7.53. The summed E-state index contributed by atoms with van der Waals surface area (Å²) >= 11 is 0. The van der Waals surface area contributed by atoms with Crippen molar-refractivity contribution in [1.29, 1.82) is 0 Å². The first-order chi connectivity index (χ1) is 10.2. The van der Waals surface area contributed by atoms with Crippen LogP contribution in [0.2, 0.25) is 0 Å². The lowest BCUT2D eigenvalue weighted by atomic mass is 9.92. The van der Waals surface area contributed by atoms with Crippen LogP contribution in [0.1, 0.15) is 23.2 Å². The van der Waals surface area contributed by atoms with E-state index in [4.69, 9.17) is 4.74 Å². The van der Waals surface area contributed by atoms with Crippen molar-refractivity contribution in [3.05, 3.63) is 29.6 Å². The van der Waals surface area contributed by atoms with Crippen molar-refractivity contribution in [2.24, 2.45) is 11.8 Å². The van der Waals surface area contributed by atoms with Gasteiger partial charge in [-0.1, -0.05) is 6.07 Å². The van der Waals surface area contributed by atoms with E-state index in [1.807, 2.05) is 0 Å². The Morgan fingerprint density at radius 1 is 1.27 bits per heavy atom. The Morgan fingerprint density at radius 3 is 2.50 bits per heavy atom. The molecule has 1 N–H and O–H groups in total. The fourth-order valence-electron chi connectivity index (χ4n) is 3.46. The van der Waals surface area contributed by atoms with Crippen LogP contribution in [0.4, 0.5) is 4.39 Å². The second kappa shape index (κ2) is 7.29. The van der Waals surface area contributed by atoms with E-state index < -0.39 is 5.82 Å². The summed E-state index contributed by atoms with van der Waals surface area (Å²) in [5, 5.41) is 3.41. The van der Waals surface area contributed by atoms with Crippen LogP contribution in [0.15, 0.2) is 18.2 Å². The van der Waals surface area contributed by atoms with Gasteiger partial charge in [0.05, 0.1) is 7.11 Å². The van der Waals surface area contributed by atoms with Gasteiger partial charge >= 0.3 is 0 Å². The van der Waals surface area contributed by atoms with Gasteiger partial charge in [-0.05, 0) is 49.9 Å².